The van der Waals surface area contributed by atoms with Crippen LogP contribution in [0.15, 0.2) is 34.8 Å². The van der Waals surface area contributed by atoms with Gasteiger partial charge < -0.3 is 9.74 Å². The molecule has 0 radical (unpaired) electrons. The maximum atomic E-state index is 15.2. The largest absolute Gasteiger partial charge is 0.543 e. The molecule has 178 valence electrons. The number of hydrogen-bond donors (Lipinski definition) is 1. The van der Waals surface area contributed by atoms with E-state index in [0.29, 0.717) is 11.6 Å². The quantitative estimate of drug-likeness (QED) is 0.319. The van der Waals surface area contributed by atoms with Crippen molar-refractivity contribution in [3.63, 3.8) is 0 Å². The average molecular weight is 540 g/mol. The lowest BCUT2D eigenvalue weighted by atomic mass is 10.0. The molecule has 1 unspecified atom stereocenters. The summed E-state index contributed by atoms with van der Waals surface area (Å²) >= 11 is 3.45. The smallest absolute Gasteiger partial charge is 0.266 e. The molecular weight excluding hydrogens is 511 g/mol. The molecule has 0 aliphatic heterocycles. The van der Waals surface area contributed by atoms with Crippen molar-refractivity contribution in [2.45, 2.75) is 65.2 Å². The Morgan fingerprint density at radius 1 is 1.06 bits per heavy atom. The number of rotatable bonds is 6. The van der Waals surface area contributed by atoms with Crippen molar-refractivity contribution in [3.8, 4) is 5.75 Å². The van der Waals surface area contributed by atoms with Crippen molar-refractivity contribution in [3.05, 3.63) is 57.6 Å². The number of nitrogens with one attached hydrogen (secondary N) is 1. The highest BCUT2D eigenvalue weighted by atomic mass is 79.9. The summed E-state index contributed by atoms with van der Waals surface area (Å²) in [6, 6.07) is 7.58. The molecule has 0 aliphatic carbocycles. The molecule has 0 bridgehead atoms. The third-order valence-corrected chi connectivity index (χ3v) is 11.0. The Hall–Kier alpha value is -2.13. The van der Waals surface area contributed by atoms with Gasteiger partial charge in [-0.05, 0) is 62.3 Å². The lowest BCUT2D eigenvalue weighted by Gasteiger charge is -2.36. The molecule has 3 rings (SSSR count). The van der Waals surface area contributed by atoms with E-state index in [9.17, 15) is 8.78 Å². The molecule has 1 atom stereocenters. The highest BCUT2D eigenvalue weighted by Gasteiger charge is 2.39. The molecule has 1 heterocycles. The third kappa shape index (κ3) is 5.51. The molecule has 0 fully saturated rings. The van der Waals surface area contributed by atoms with E-state index in [1.165, 1.54) is 6.07 Å². The number of benzene rings is 2. The number of nitrogens with zero attached hydrogens (tertiary/aromatic N) is 2. The number of halogens is 4. The molecule has 0 spiro atoms. The van der Waals surface area contributed by atoms with Crippen molar-refractivity contribution in [2.24, 2.45) is 0 Å². The summed E-state index contributed by atoms with van der Waals surface area (Å²) < 4.78 is 49.7. The molecular formula is C24H29BrF3N3OSi. The van der Waals surface area contributed by atoms with E-state index >= 15 is 4.39 Å². The zero-order chi connectivity index (χ0) is 24.7. The molecule has 2 aromatic carbocycles. The van der Waals surface area contributed by atoms with Crippen LogP contribution in [0.3, 0.4) is 0 Å². The Kier molecular flexibility index (Phi) is 7.15. The topological polar surface area (TPSA) is 47.0 Å². The van der Waals surface area contributed by atoms with Gasteiger partial charge in [0.25, 0.3) is 6.43 Å². The van der Waals surface area contributed by atoms with Crippen LogP contribution < -0.4 is 9.74 Å². The molecule has 0 saturated carbocycles. The predicted octanol–water partition coefficient (Wildman–Crippen LogP) is 8.33. The van der Waals surface area contributed by atoms with Crippen LogP contribution in [-0.4, -0.2) is 18.3 Å². The number of fused-ring (bicyclic) bond motifs is 1. The van der Waals surface area contributed by atoms with E-state index in [0.717, 1.165) is 21.4 Å². The van der Waals surface area contributed by atoms with Crippen LogP contribution in [0.1, 0.15) is 57.1 Å². The Morgan fingerprint density at radius 2 is 1.70 bits per heavy atom. The fourth-order valence-corrected chi connectivity index (χ4v) is 4.61. The van der Waals surface area contributed by atoms with Gasteiger partial charge in [0.15, 0.2) is 0 Å². The molecule has 9 heteroatoms. The molecule has 33 heavy (non-hydrogen) atoms. The number of aryl methyl sites for hydroxylation is 1. The van der Waals surface area contributed by atoms with Gasteiger partial charge in [-0.2, -0.15) is 0 Å². The first-order valence-electron chi connectivity index (χ1n) is 10.7. The van der Waals surface area contributed by atoms with Crippen molar-refractivity contribution in [2.75, 3.05) is 5.32 Å². The number of aromatic nitrogens is 2. The lowest BCUT2D eigenvalue weighted by molar-refractivity contribution is 0.145. The number of hydrogen-bond acceptors (Lipinski definition) is 4. The summed E-state index contributed by atoms with van der Waals surface area (Å²) in [7, 11) is -2.32. The molecule has 3 aromatic rings. The molecule has 0 saturated heterocycles. The molecule has 0 amide bonds. The lowest BCUT2D eigenvalue weighted by Crippen LogP contribution is -2.43. The average Bonchev–Trinajstić information content (AvgIpc) is 2.68. The van der Waals surface area contributed by atoms with E-state index in [2.05, 4.69) is 52.0 Å². The van der Waals surface area contributed by atoms with Crippen molar-refractivity contribution in [1.29, 1.82) is 0 Å². The monoisotopic (exact) mass is 539 g/mol. The number of alkyl halides is 2. The van der Waals surface area contributed by atoms with E-state index in [1.54, 1.807) is 13.8 Å². The standard InChI is InChI=1S/C24H29BrF3N3OSi/c1-13(29-23-18-10-15(25)8-9-20(18)30-14(2)31-23)17-11-16(12-19(21(17)26)22(27)28)32-33(6,7)24(3,4)5/h8-13,22H,1-7H3,(H,29,30,31). The minimum atomic E-state index is -2.96. The highest BCUT2D eigenvalue weighted by molar-refractivity contribution is 9.10. The molecule has 1 aromatic heterocycles. The van der Waals surface area contributed by atoms with Crippen LogP contribution >= 0.6 is 15.9 Å². The van der Waals surface area contributed by atoms with E-state index in [-0.39, 0.29) is 16.4 Å². The van der Waals surface area contributed by atoms with Gasteiger partial charge in [0.2, 0.25) is 8.32 Å². The Bertz CT molecular complexity index is 1180. The van der Waals surface area contributed by atoms with Crippen molar-refractivity contribution >= 4 is 41.0 Å². The summed E-state index contributed by atoms with van der Waals surface area (Å²) in [5.74, 6) is 0.362. The van der Waals surface area contributed by atoms with Gasteiger partial charge in [0, 0.05) is 15.4 Å². The van der Waals surface area contributed by atoms with Gasteiger partial charge in [-0.15, -0.1) is 0 Å². The normalized spacial score (nSPS) is 13.5. The Balaban J connectivity index is 2.06. The summed E-state index contributed by atoms with van der Waals surface area (Å²) in [5, 5.41) is 3.80. The molecule has 4 nitrogen and oxygen atoms in total. The van der Waals surface area contributed by atoms with Gasteiger partial charge in [0.05, 0.1) is 17.1 Å². The van der Waals surface area contributed by atoms with Crippen LogP contribution in [0.2, 0.25) is 18.1 Å². The van der Waals surface area contributed by atoms with E-state index in [4.69, 9.17) is 4.43 Å². The number of anilines is 1. The first-order valence-corrected chi connectivity index (χ1v) is 14.4. The van der Waals surface area contributed by atoms with E-state index in [1.807, 2.05) is 31.3 Å². The minimum Gasteiger partial charge on any atom is -0.543 e. The second-order valence-corrected chi connectivity index (χ2v) is 15.4. The van der Waals surface area contributed by atoms with Crippen LogP contribution in [0.4, 0.5) is 19.0 Å². The fourth-order valence-electron chi connectivity index (χ4n) is 3.23. The van der Waals surface area contributed by atoms with Crippen LogP contribution in [0.25, 0.3) is 10.9 Å². The maximum Gasteiger partial charge on any atom is 0.266 e. The second kappa shape index (κ2) is 9.25. The van der Waals surface area contributed by atoms with Crippen molar-refractivity contribution < 1.29 is 17.6 Å². The first kappa shape index (κ1) is 25.5. The molecule has 0 aliphatic rings. The van der Waals surface area contributed by atoms with Crippen LogP contribution in [-0.2, 0) is 0 Å². The van der Waals surface area contributed by atoms with Crippen LogP contribution in [0.5, 0.6) is 5.75 Å². The summed E-state index contributed by atoms with van der Waals surface area (Å²) in [6.45, 7) is 13.7. The van der Waals surface area contributed by atoms with Gasteiger partial charge in [-0.25, -0.2) is 23.1 Å². The van der Waals surface area contributed by atoms with Gasteiger partial charge in [0.1, 0.15) is 23.2 Å². The highest BCUT2D eigenvalue weighted by Crippen LogP contribution is 2.40. The second-order valence-electron chi connectivity index (χ2n) is 9.73. The first-order chi connectivity index (χ1) is 15.2. The van der Waals surface area contributed by atoms with Crippen molar-refractivity contribution in [1.82, 2.24) is 9.97 Å². The van der Waals surface area contributed by atoms with Gasteiger partial charge >= 0.3 is 0 Å². The van der Waals surface area contributed by atoms with E-state index < -0.39 is 32.2 Å². The summed E-state index contributed by atoms with van der Waals surface area (Å²) in [4.78, 5) is 8.90. The zero-order valence-electron chi connectivity index (χ0n) is 19.9. The summed E-state index contributed by atoms with van der Waals surface area (Å²) in [6.07, 6.45) is -2.96. The van der Waals surface area contributed by atoms with Gasteiger partial charge in [-0.1, -0.05) is 36.7 Å². The Morgan fingerprint density at radius 3 is 2.30 bits per heavy atom. The Labute approximate surface area is 202 Å². The maximum absolute atomic E-state index is 15.2. The SMILES string of the molecule is Cc1nc(NC(C)c2cc(O[Si](C)(C)C(C)(C)C)cc(C(F)F)c2F)c2cc(Br)ccc2n1. The summed E-state index contributed by atoms with van der Waals surface area (Å²) in [5.41, 5.74) is 0.159. The minimum absolute atomic E-state index is 0.0981. The van der Waals surface area contributed by atoms with Crippen LogP contribution in [0, 0.1) is 12.7 Å². The van der Waals surface area contributed by atoms with Gasteiger partial charge in [-0.3, -0.25) is 0 Å². The fraction of sp³-hybridized carbons (Fsp3) is 0.417. The third-order valence-electron chi connectivity index (χ3n) is 6.11. The zero-order valence-corrected chi connectivity index (χ0v) is 22.4. The molecule has 1 N–H and O–H groups in total. The predicted molar refractivity (Wildman–Crippen MR) is 133 cm³/mol.